The van der Waals surface area contributed by atoms with Crippen LogP contribution in [-0.2, 0) is 0 Å². The second-order valence-corrected chi connectivity index (χ2v) is 2.85. The number of aliphatic imine (C=N–C) groups is 1. The summed E-state index contributed by atoms with van der Waals surface area (Å²) >= 11 is 6.83. The number of hydrogen-bond acceptors (Lipinski definition) is 2. The van der Waals surface area contributed by atoms with Crippen LogP contribution in [0.25, 0.3) is 0 Å². The van der Waals surface area contributed by atoms with E-state index in [1.165, 1.54) is 11.8 Å². The van der Waals surface area contributed by atoms with E-state index in [-0.39, 0.29) is 5.17 Å². The highest BCUT2D eigenvalue weighted by Gasteiger charge is 1.95. The molecule has 0 aromatic carbocycles. The molecule has 0 atom stereocenters. The van der Waals surface area contributed by atoms with Gasteiger partial charge < -0.3 is 0 Å². The third-order valence-electron chi connectivity index (χ3n) is 0.745. The van der Waals surface area contributed by atoms with E-state index in [4.69, 9.17) is 17.0 Å². The number of nitrogens with one attached hydrogen (secondary N) is 1. The zero-order chi connectivity index (χ0) is 8.15. The quantitative estimate of drug-likeness (QED) is 0.484. The molecule has 10 heavy (non-hydrogen) atoms. The first kappa shape index (κ1) is 9.72. The van der Waals surface area contributed by atoms with Crippen LogP contribution in [-0.4, -0.2) is 16.6 Å². The lowest BCUT2D eigenvalue weighted by atomic mass is 10.4. The molecule has 0 radical (unpaired) electrons. The molecule has 0 aromatic rings. The van der Waals surface area contributed by atoms with E-state index in [1.54, 1.807) is 13.2 Å². The lowest BCUT2D eigenvalue weighted by Crippen LogP contribution is -1.92. The maximum absolute atomic E-state index is 7.11. The zero-order valence-corrected chi connectivity index (χ0v) is 7.51. The van der Waals surface area contributed by atoms with E-state index in [1.807, 2.05) is 0 Å². The molecule has 0 aliphatic rings. The van der Waals surface area contributed by atoms with Crippen molar-refractivity contribution in [2.75, 3.05) is 6.26 Å². The largest absolute Gasteiger partial charge is 0.277 e. The number of amidine groups is 1. The minimum Gasteiger partial charge on any atom is -0.277 e. The molecule has 0 heterocycles. The van der Waals surface area contributed by atoms with Gasteiger partial charge in [-0.25, -0.2) is 4.99 Å². The highest BCUT2D eigenvalue weighted by molar-refractivity contribution is 8.13. The van der Waals surface area contributed by atoms with Crippen molar-refractivity contribution in [2.45, 2.75) is 6.92 Å². The van der Waals surface area contributed by atoms with E-state index in [0.717, 1.165) is 0 Å². The van der Waals surface area contributed by atoms with E-state index in [9.17, 15) is 0 Å². The molecule has 0 aliphatic carbocycles. The van der Waals surface area contributed by atoms with E-state index in [2.05, 4.69) is 11.6 Å². The fourth-order valence-corrected chi connectivity index (χ4v) is 0.547. The Labute approximate surface area is 69.9 Å². The maximum Gasteiger partial charge on any atom is 0.181 e. The average molecular weight is 177 g/mol. The van der Waals surface area contributed by atoms with Crippen molar-refractivity contribution in [3.63, 3.8) is 0 Å². The standard InChI is InChI=1S/C6H9ClN2S/c1-4(2)5(7)9-6(8)10-3/h8H,1H2,2-3H3/b8-6?,9-5+. The number of rotatable bonds is 1. The summed E-state index contributed by atoms with van der Waals surface area (Å²) in [6.45, 7) is 5.32. The number of hydrogen-bond donors (Lipinski definition) is 1. The second-order valence-electron chi connectivity index (χ2n) is 1.69. The third kappa shape index (κ3) is 3.69. The first-order valence-electron chi connectivity index (χ1n) is 2.60. The first-order chi connectivity index (χ1) is 4.57. The van der Waals surface area contributed by atoms with Crippen molar-refractivity contribution in [1.29, 1.82) is 5.41 Å². The minimum atomic E-state index is 0.202. The van der Waals surface area contributed by atoms with Crippen LogP contribution in [0.2, 0.25) is 0 Å². The average Bonchev–Trinajstić information content (AvgIpc) is 1.87. The highest BCUT2D eigenvalue weighted by atomic mass is 35.5. The van der Waals surface area contributed by atoms with Gasteiger partial charge in [0.2, 0.25) is 0 Å². The van der Waals surface area contributed by atoms with Crippen LogP contribution in [0.4, 0.5) is 0 Å². The summed E-state index contributed by atoms with van der Waals surface area (Å²) in [6.07, 6.45) is 1.77. The summed E-state index contributed by atoms with van der Waals surface area (Å²) in [6, 6.07) is 0. The summed E-state index contributed by atoms with van der Waals surface area (Å²) in [5, 5.41) is 7.62. The number of allylic oxidation sites excluding steroid dienone is 1. The molecular weight excluding hydrogens is 168 g/mol. The van der Waals surface area contributed by atoms with Gasteiger partial charge in [-0.15, -0.1) is 0 Å². The van der Waals surface area contributed by atoms with Gasteiger partial charge in [-0.2, -0.15) is 0 Å². The molecular formula is C6H9ClN2S. The molecule has 0 fully saturated rings. The van der Waals surface area contributed by atoms with Crippen LogP contribution >= 0.6 is 23.4 Å². The van der Waals surface area contributed by atoms with Gasteiger partial charge in [0.25, 0.3) is 0 Å². The van der Waals surface area contributed by atoms with Crippen molar-refractivity contribution in [3.05, 3.63) is 12.2 Å². The summed E-state index contributed by atoms with van der Waals surface area (Å²) in [7, 11) is 0. The SMILES string of the molecule is C=C(C)/C(Cl)=N\C(=N)SC. The molecule has 0 rings (SSSR count). The topological polar surface area (TPSA) is 36.2 Å². The summed E-state index contributed by atoms with van der Waals surface area (Å²) < 4.78 is 0. The molecule has 0 spiro atoms. The van der Waals surface area contributed by atoms with E-state index < -0.39 is 0 Å². The first-order valence-corrected chi connectivity index (χ1v) is 4.20. The van der Waals surface area contributed by atoms with Crippen LogP contribution in [0.15, 0.2) is 17.1 Å². The Morgan fingerprint density at radius 3 is 2.50 bits per heavy atom. The van der Waals surface area contributed by atoms with Crippen LogP contribution in [0.5, 0.6) is 0 Å². The normalized spacial score (nSPS) is 11.3. The summed E-state index contributed by atoms with van der Waals surface area (Å²) in [4.78, 5) is 3.72. The van der Waals surface area contributed by atoms with Gasteiger partial charge in [-0.05, 0) is 18.8 Å². The molecule has 0 aromatic heterocycles. The fraction of sp³-hybridized carbons (Fsp3) is 0.333. The summed E-state index contributed by atoms with van der Waals surface area (Å²) in [5.74, 6) is 0. The lowest BCUT2D eigenvalue weighted by Gasteiger charge is -1.93. The van der Waals surface area contributed by atoms with Gasteiger partial charge >= 0.3 is 0 Å². The van der Waals surface area contributed by atoms with Gasteiger partial charge in [0.05, 0.1) is 0 Å². The van der Waals surface area contributed by atoms with Crippen molar-refractivity contribution in [1.82, 2.24) is 0 Å². The Morgan fingerprint density at radius 2 is 2.20 bits per heavy atom. The van der Waals surface area contributed by atoms with Crippen LogP contribution in [0.1, 0.15) is 6.92 Å². The summed E-state index contributed by atoms with van der Waals surface area (Å²) in [5.41, 5.74) is 0.681. The predicted molar refractivity (Wildman–Crippen MR) is 49.3 cm³/mol. The molecule has 0 saturated carbocycles. The Balaban J connectivity index is 4.16. The third-order valence-corrected chi connectivity index (χ3v) is 1.63. The molecule has 56 valence electrons. The van der Waals surface area contributed by atoms with Crippen molar-refractivity contribution in [3.8, 4) is 0 Å². The van der Waals surface area contributed by atoms with Gasteiger partial charge in [-0.1, -0.05) is 29.9 Å². The molecule has 0 unspecified atom stereocenters. The monoisotopic (exact) mass is 176 g/mol. The molecule has 0 bridgehead atoms. The van der Waals surface area contributed by atoms with Crippen molar-refractivity contribution < 1.29 is 0 Å². The molecule has 1 N–H and O–H groups in total. The van der Waals surface area contributed by atoms with Gasteiger partial charge in [0.1, 0.15) is 5.17 Å². The maximum atomic E-state index is 7.11. The van der Waals surface area contributed by atoms with E-state index in [0.29, 0.717) is 10.7 Å². The van der Waals surface area contributed by atoms with Crippen LogP contribution in [0, 0.1) is 5.41 Å². The van der Waals surface area contributed by atoms with Crippen molar-refractivity contribution in [2.24, 2.45) is 4.99 Å². The number of thioether (sulfide) groups is 1. The minimum absolute atomic E-state index is 0.202. The highest BCUT2D eigenvalue weighted by Crippen LogP contribution is 2.03. The zero-order valence-electron chi connectivity index (χ0n) is 5.94. The van der Waals surface area contributed by atoms with E-state index >= 15 is 0 Å². The number of halogens is 1. The van der Waals surface area contributed by atoms with Gasteiger partial charge in [0, 0.05) is 0 Å². The number of nitrogens with zero attached hydrogens (tertiary/aromatic N) is 1. The Morgan fingerprint density at radius 1 is 1.70 bits per heavy atom. The van der Waals surface area contributed by atoms with Gasteiger partial charge in [0.15, 0.2) is 5.17 Å². The molecule has 0 aliphatic heterocycles. The molecule has 4 heteroatoms. The molecule has 0 amide bonds. The smallest absolute Gasteiger partial charge is 0.181 e. The van der Waals surface area contributed by atoms with Gasteiger partial charge in [-0.3, -0.25) is 5.41 Å². The molecule has 2 nitrogen and oxygen atoms in total. The lowest BCUT2D eigenvalue weighted by molar-refractivity contribution is 1.49. The fourth-order valence-electron chi connectivity index (χ4n) is 0.230. The predicted octanol–water partition coefficient (Wildman–Crippen LogP) is 2.50. The second kappa shape index (κ2) is 4.52. The van der Waals surface area contributed by atoms with Crippen LogP contribution < -0.4 is 0 Å². The Hall–Kier alpha value is -0.280. The Bertz CT molecular complexity index is 186. The van der Waals surface area contributed by atoms with Crippen molar-refractivity contribution >= 4 is 33.7 Å². The van der Waals surface area contributed by atoms with Crippen LogP contribution in [0.3, 0.4) is 0 Å². The Kier molecular flexibility index (Phi) is 4.40. The molecule has 0 saturated heterocycles.